The summed E-state index contributed by atoms with van der Waals surface area (Å²) in [6.07, 6.45) is 6.15. The first-order valence-electron chi connectivity index (χ1n) is 14.5. The molecule has 6 N–H and O–H groups in total. The molecule has 2 unspecified atom stereocenters. The Morgan fingerprint density at radius 1 is 1.19 bits per heavy atom. The normalized spacial score (nSPS) is 19.8. The quantitative estimate of drug-likeness (QED) is 0.0950. The number of carbonyl (C=O) groups is 5. The Morgan fingerprint density at radius 2 is 1.87 bits per heavy atom. The molecule has 1 aromatic carbocycles. The number of aromatic amines is 1. The number of anilines is 2. The summed E-state index contributed by atoms with van der Waals surface area (Å²) in [6, 6.07) is 1.33. The summed E-state index contributed by atoms with van der Waals surface area (Å²) in [6.45, 7) is 0.804. The standard InChI is InChI=1S/C29H33N7O9S.Na/c1-14(37)45-12-16-13-46-26-20(25(41)36(26)22(16)27(42)43)33-24(40)21(15-7-9-18(38)10-8-15)35(28(30)44)19-11-31-29(34-23(19)39)32-17-5-3-2-4-6-17;/h7-11,17,20-21,26,38H,2-6,12-13H2,1H3,(H2,30,44)(H,33,40)(H,42,43)(H2,31,32,34,39);/q;+1/p-1/t20?,21?,26-;/m0./s1. The molecule has 3 aliphatic rings. The van der Waals surface area contributed by atoms with Gasteiger partial charge in [0.05, 0.1) is 17.9 Å². The molecule has 3 atom stereocenters. The van der Waals surface area contributed by atoms with E-state index < -0.39 is 58.5 Å². The topological polar surface area (TPSA) is 240 Å². The summed E-state index contributed by atoms with van der Waals surface area (Å²) in [4.78, 5) is 85.1. The molecule has 2 fully saturated rings. The third kappa shape index (κ3) is 7.75. The number of primary amides is 1. The van der Waals surface area contributed by atoms with Crippen molar-refractivity contribution in [2.24, 2.45) is 5.73 Å². The number of rotatable bonds is 10. The smallest absolute Gasteiger partial charge is 0.543 e. The number of aromatic hydroxyl groups is 1. The molecule has 16 nitrogen and oxygen atoms in total. The number of β-lactam (4-membered cyclic amide) rings is 1. The molecular formula is C29H32N7NaO9S. The Kier molecular flexibility index (Phi) is 11.6. The second-order valence-electron chi connectivity index (χ2n) is 11.0. The first-order chi connectivity index (χ1) is 22.0. The molecule has 244 valence electrons. The summed E-state index contributed by atoms with van der Waals surface area (Å²) in [7, 11) is 0. The van der Waals surface area contributed by atoms with Crippen molar-refractivity contribution in [3.05, 3.63) is 57.6 Å². The molecule has 1 aromatic heterocycles. The number of esters is 1. The number of nitrogens with zero attached hydrogens (tertiary/aromatic N) is 3. The van der Waals surface area contributed by atoms with Gasteiger partial charge in [-0.1, -0.05) is 31.4 Å². The number of nitrogens with two attached hydrogens (primary N) is 1. The average molecular weight is 678 g/mol. The van der Waals surface area contributed by atoms with Crippen LogP contribution in [0.5, 0.6) is 5.75 Å². The van der Waals surface area contributed by atoms with E-state index in [9.17, 15) is 39.0 Å². The van der Waals surface area contributed by atoms with E-state index in [0.717, 1.165) is 66.8 Å². The molecule has 0 bridgehead atoms. The van der Waals surface area contributed by atoms with Crippen molar-refractivity contribution >= 4 is 53.2 Å². The summed E-state index contributed by atoms with van der Waals surface area (Å²) in [5, 5.41) is 26.7. The molecule has 1 aliphatic carbocycles. The zero-order valence-electron chi connectivity index (χ0n) is 25.7. The SMILES string of the molecule is CC(=O)OCC1=C(C(=O)[O-])N2C(=O)C(NC(=O)C(c3ccc(O)cc3)N(C(N)=O)c3cnc(NC4CCCCC4)[nH]c3=O)[C@@H]2SC1.[Na+]. The van der Waals surface area contributed by atoms with E-state index in [0.29, 0.717) is 0 Å². The van der Waals surface area contributed by atoms with Gasteiger partial charge in [-0.2, -0.15) is 0 Å². The summed E-state index contributed by atoms with van der Waals surface area (Å²) < 4.78 is 4.92. The molecule has 3 heterocycles. The Bertz CT molecular complexity index is 1650. The molecule has 18 heteroatoms. The Labute approximate surface area is 294 Å². The average Bonchev–Trinajstić information content (AvgIpc) is 3.02. The van der Waals surface area contributed by atoms with Gasteiger partial charge in [0.15, 0.2) is 0 Å². The molecular weight excluding hydrogens is 645 g/mol. The van der Waals surface area contributed by atoms with Crippen LogP contribution < -0.4 is 61.5 Å². The van der Waals surface area contributed by atoms with Crippen molar-refractivity contribution in [2.45, 2.75) is 62.5 Å². The second kappa shape index (κ2) is 15.2. The van der Waals surface area contributed by atoms with Gasteiger partial charge in [0.2, 0.25) is 11.9 Å². The number of hydrogen-bond acceptors (Lipinski definition) is 12. The van der Waals surface area contributed by atoms with Gasteiger partial charge in [0.1, 0.15) is 35.5 Å². The van der Waals surface area contributed by atoms with E-state index in [-0.39, 0.29) is 76.5 Å². The van der Waals surface area contributed by atoms with Gasteiger partial charge in [-0.05, 0) is 30.5 Å². The first kappa shape index (κ1) is 35.8. The van der Waals surface area contributed by atoms with Crippen molar-refractivity contribution in [1.29, 1.82) is 0 Å². The van der Waals surface area contributed by atoms with Crippen molar-refractivity contribution in [3.63, 3.8) is 0 Å². The molecule has 47 heavy (non-hydrogen) atoms. The summed E-state index contributed by atoms with van der Waals surface area (Å²) in [5.74, 6) is -3.87. The molecule has 1 saturated heterocycles. The van der Waals surface area contributed by atoms with Gasteiger partial charge in [-0.15, -0.1) is 11.8 Å². The zero-order valence-corrected chi connectivity index (χ0v) is 28.5. The number of phenols is 1. The molecule has 2 aromatic rings. The number of ether oxygens (including phenoxy) is 1. The van der Waals surface area contributed by atoms with Crippen LogP contribution >= 0.6 is 11.8 Å². The van der Waals surface area contributed by atoms with E-state index in [1.165, 1.54) is 24.3 Å². The van der Waals surface area contributed by atoms with Gasteiger partial charge in [-0.25, -0.2) is 9.78 Å². The summed E-state index contributed by atoms with van der Waals surface area (Å²) >= 11 is 1.13. The van der Waals surface area contributed by atoms with E-state index in [2.05, 4.69) is 20.6 Å². The maximum atomic E-state index is 13.9. The van der Waals surface area contributed by atoms with E-state index in [4.69, 9.17) is 10.5 Å². The minimum atomic E-state index is -1.65. The number of phenolic OH excluding ortho intramolecular Hbond substituents is 1. The van der Waals surface area contributed by atoms with Crippen LogP contribution in [0.15, 0.2) is 46.5 Å². The van der Waals surface area contributed by atoms with Crippen LogP contribution in [0.4, 0.5) is 16.4 Å². The Hall–Kier alpha value is -4.06. The van der Waals surface area contributed by atoms with Crippen molar-refractivity contribution in [1.82, 2.24) is 20.2 Å². The predicted octanol–water partition coefficient (Wildman–Crippen LogP) is -3.18. The van der Waals surface area contributed by atoms with Gasteiger partial charge < -0.3 is 36.1 Å². The number of nitrogens with one attached hydrogen (secondary N) is 3. The van der Waals surface area contributed by atoms with Crippen LogP contribution in [0, 0.1) is 0 Å². The third-order valence-electron chi connectivity index (χ3n) is 7.93. The minimum Gasteiger partial charge on any atom is -0.543 e. The minimum absolute atomic E-state index is 0. The molecule has 2 aliphatic heterocycles. The van der Waals surface area contributed by atoms with Gasteiger partial charge in [-0.3, -0.25) is 34.0 Å². The second-order valence-corrected chi connectivity index (χ2v) is 12.1. The van der Waals surface area contributed by atoms with Gasteiger partial charge >= 0.3 is 41.6 Å². The van der Waals surface area contributed by atoms with Crippen molar-refractivity contribution < 1.29 is 68.5 Å². The number of fused-ring (bicyclic) bond motifs is 1. The Balaban J connectivity index is 0.00000500. The molecule has 1 saturated carbocycles. The molecule has 5 rings (SSSR count). The Morgan fingerprint density at radius 3 is 2.47 bits per heavy atom. The largest absolute Gasteiger partial charge is 1.00 e. The number of carbonyl (C=O) groups excluding carboxylic acids is 5. The molecule has 0 spiro atoms. The van der Waals surface area contributed by atoms with Crippen LogP contribution in [0.2, 0.25) is 0 Å². The first-order valence-corrected chi connectivity index (χ1v) is 15.6. The number of carboxylic acids is 1. The number of amides is 4. The van der Waals surface area contributed by atoms with Crippen molar-refractivity contribution in [2.75, 3.05) is 22.6 Å². The number of carboxylic acid groups (broad SMARTS) is 1. The van der Waals surface area contributed by atoms with Crippen LogP contribution in [-0.2, 0) is 23.9 Å². The number of urea groups is 1. The number of hydrogen-bond donors (Lipinski definition) is 5. The van der Waals surface area contributed by atoms with Crippen LogP contribution in [0.1, 0.15) is 50.6 Å². The van der Waals surface area contributed by atoms with Crippen LogP contribution in [-0.4, -0.2) is 79.6 Å². The number of benzene rings is 1. The fourth-order valence-electron chi connectivity index (χ4n) is 5.74. The maximum Gasteiger partial charge on any atom is 1.00 e. The van der Waals surface area contributed by atoms with E-state index in [1.807, 2.05) is 0 Å². The number of H-pyrrole nitrogens is 1. The monoisotopic (exact) mass is 677 g/mol. The van der Waals surface area contributed by atoms with Crippen LogP contribution in [0.25, 0.3) is 0 Å². The zero-order chi connectivity index (χ0) is 33.1. The maximum absolute atomic E-state index is 13.9. The predicted molar refractivity (Wildman–Crippen MR) is 162 cm³/mol. The third-order valence-corrected chi connectivity index (χ3v) is 9.27. The number of aromatic nitrogens is 2. The van der Waals surface area contributed by atoms with Gasteiger partial charge in [0, 0.05) is 24.3 Å². The summed E-state index contributed by atoms with van der Waals surface area (Å²) in [5.41, 5.74) is 4.46. The number of aliphatic carboxylic acids is 1. The molecule has 4 amide bonds. The number of thioether (sulfide) groups is 1. The fourth-order valence-corrected chi connectivity index (χ4v) is 7.06. The van der Waals surface area contributed by atoms with E-state index in [1.54, 1.807) is 0 Å². The van der Waals surface area contributed by atoms with E-state index >= 15 is 0 Å². The van der Waals surface area contributed by atoms with Crippen LogP contribution in [0.3, 0.4) is 0 Å². The molecule has 0 radical (unpaired) electrons. The van der Waals surface area contributed by atoms with Crippen molar-refractivity contribution in [3.8, 4) is 5.75 Å². The van der Waals surface area contributed by atoms with Gasteiger partial charge in [0.25, 0.3) is 11.5 Å². The fraction of sp³-hybridized carbons (Fsp3) is 0.414.